The number of hydrogen-bond donors (Lipinski definition) is 2. The molecule has 8 heteroatoms. The quantitative estimate of drug-likeness (QED) is 0.587. The number of nitrogens with zero attached hydrogens (tertiary/aromatic N) is 3. The molecule has 2 heterocycles. The highest BCUT2D eigenvalue weighted by Crippen LogP contribution is 2.25. The van der Waals surface area contributed by atoms with Gasteiger partial charge in [0.1, 0.15) is 17.6 Å². The van der Waals surface area contributed by atoms with Gasteiger partial charge in [0.05, 0.1) is 26.1 Å². The first-order chi connectivity index (χ1) is 13.6. The van der Waals surface area contributed by atoms with Crippen LogP contribution in [-0.2, 0) is 13.0 Å². The number of carbonyl (C=O) groups is 1. The van der Waals surface area contributed by atoms with E-state index in [2.05, 4.69) is 15.6 Å². The molecule has 28 heavy (non-hydrogen) atoms. The summed E-state index contributed by atoms with van der Waals surface area (Å²) in [5.41, 5.74) is 0.857. The number of ether oxygens (including phenoxy) is 1. The lowest BCUT2D eigenvalue weighted by molar-refractivity contribution is 0.0932. The van der Waals surface area contributed by atoms with E-state index < -0.39 is 6.10 Å². The van der Waals surface area contributed by atoms with E-state index in [0.29, 0.717) is 11.3 Å². The van der Waals surface area contributed by atoms with Gasteiger partial charge in [-0.15, -0.1) is 5.10 Å². The summed E-state index contributed by atoms with van der Waals surface area (Å²) in [7, 11) is 1.55. The minimum atomic E-state index is -0.832. The zero-order chi connectivity index (χ0) is 19.9. The summed E-state index contributed by atoms with van der Waals surface area (Å²) in [4.78, 5) is 12.4. The van der Waals surface area contributed by atoms with Crippen molar-refractivity contribution in [1.29, 1.82) is 0 Å². The SMILES string of the molecule is COc1ccccc1[C@H](O)Cn1cc(C(=O)N[C@@H](C)CCc2ccco2)nn1. The van der Waals surface area contributed by atoms with Gasteiger partial charge in [0.2, 0.25) is 0 Å². The van der Waals surface area contributed by atoms with E-state index in [-0.39, 0.29) is 24.2 Å². The Bertz CT molecular complexity index is 891. The Morgan fingerprint density at radius 2 is 2.14 bits per heavy atom. The van der Waals surface area contributed by atoms with Crippen LogP contribution < -0.4 is 10.1 Å². The van der Waals surface area contributed by atoms with Crippen molar-refractivity contribution in [3.8, 4) is 5.75 Å². The number of furan rings is 1. The van der Waals surface area contributed by atoms with Gasteiger partial charge in [-0.1, -0.05) is 23.4 Å². The lowest BCUT2D eigenvalue weighted by Crippen LogP contribution is -2.33. The molecule has 2 N–H and O–H groups in total. The van der Waals surface area contributed by atoms with Crippen molar-refractivity contribution in [3.63, 3.8) is 0 Å². The Kier molecular flexibility index (Phi) is 6.44. The standard InChI is InChI=1S/C20H24N4O4/c1-14(9-10-15-6-5-11-28-15)21-20(26)17-12-24(23-22-17)13-18(25)16-7-3-4-8-19(16)27-2/h3-8,11-12,14,18,25H,9-10,13H2,1-2H3,(H,21,26)/t14-,18+/m0/s1. The van der Waals surface area contributed by atoms with Gasteiger partial charge in [-0.2, -0.15) is 0 Å². The summed E-state index contributed by atoms with van der Waals surface area (Å²) in [6, 6.07) is 10.9. The molecule has 3 aromatic rings. The number of rotatable bonds is 9. The van der Waals surface area contributed by atoms with E-state index in [9.17, 15) is 9.90 Å². The van der Waals surface area contributed by atoms with Crippen LogP contribution in [0.3, 0.4) is 0 Å². The Hall–Kier alpha value is -3.13. The molecule has 1 amide bonds. The Balaban J connectivity index is 1.54. The van der Waals surface area contributed by atoms with E-state index >= 15 is 0 Å². The third-order valence-corrected chi connectivity index (χ3v) is 4.41. The van der Waals surface area contributed by atoms with Crippen molar-refractivity contribution in [1.82, 2.24) is 20.3 Å². The number of hydrogen-bond acceptors (Lipinski definition) is 6. The zero-order valence-corrected chi connectivity index (χ0v) is 15.9. The third-order valence-electron chi connectivity index (χ3n) is 4.41. The van der Waals surface area contributed by atoms with Crippen molar-refractivity contribution in [2.24, 2.45) is 0 Å². The largest absolute Gasteiger partial charge is 0.496 e. The van der Waals surface area contributed by atoms with Crippen LogP contribution >= 0.6 is 0 Å². The maximum absolute atomic E-state index is 12.4. The van der Waals surface area contributed by atoms with Gasteiger partial charge in [-0.05, 0) is 31.5 Å². The Morgan fingerprint density at radius 3 is 2.89 bits per heavy atom. The molecular weight excluding hydrogens is 360 g/mol. The van der Waals surface area contributed by atoms with Crippen molar-refractivity contribution in [2.75, 3.05) is 7.11 Å². The van der Waals surface area contributed by atoms with E-state index in [1.54, 1.807) is 25.5 Å². The van der Waals surface area contributed by atoms with Crippen LogP contribution in [0.1, 0.15) is 41.3 Å². The van der Waals surface area contributed by atoms with Crippen LogP contribution in [0.25, 0.3) is 0 Å². The van der Waals surface area contributed by atoms with Gasteiger partial charge >= 0.3 is 0 Å². The molecule has 3 rings (SSSR count). The molecule has 0 aliphatic heterocycles. The molecule has 0 fully saturated rings. The van der Waals surface area contributed by atoms with Crippen LogP contribution in [0.5, 0.6) is 5.75 Å². The van der Waals surface area contributed by atoms with Gasteiger partial charge in [0.15, 0.2) is 5.69 Å². The molecular formula is C20H24N4O4. The topological polar surface area (TPSA) is 102 Å². The molecule has 0 radical (unpaired) electrons. The number of aliphatic hydroxyl groups is 1. The molecule has 0 unspecified atom stereocenters. The van der Waals surface area contributed by atoms with Crippen molar-refractivity contribution in [2.45, 2.75) is 38.5 Å². The monoisotopic (exact) mass is 384 g/mol. The van der Waals surface area contributed by atoms with Crippen LogP contribution in [0, 0.1) is 0 Å². The van der Waals surface area contributed by atoms with Crippen molar-refractivity contribution >= 4 is 5.91 Å². The number of carbonyl (C=O) groups excluding carboxylic acids is 1. The lowest BCUT2D eigenvalue weighted by atomic mass is 10.1. The summed E-state index contributed by atoms with van der Waals surface area (Å²) >= 11 is 0. The predicted molar refractivity (Wildman–Crippen MR) is 102 cm³/mol. The second-order valence-corrected chi connectivity index (χ2v) is 6.58. The summed E-state index contributed by atoms with van der Waals surface area (Å²) in [6.45, 7) is 2.09. The number of para-hydroxylation sites is 1. The van der Waals surface area contributed by atoms with Gasteiger partial charge < -0.3 is 19.6 Å². The maximum atomic E-state index is 12.4. The fourth-order valence-electron chi connectivity index (χ4n) is 2.89. The maximum Gasteiger partial charge on any atom is 0.273 e. The lowest BCUT2D eigenvalue weighted by Gasteiger charge is -2.14. The molecule has 0 aliphatic rings. The summed E-state index contributed by atoms with van der Waals surface area (Å²) in [5, 5.41) is 21.2. The molecule has 148 valence electrons. The van der Waals surface area contributed by atoms with Gasteiger partial charge in [-0.25, -0.2) is 4.68 Å². The second-order valence-electron chi connectivity index (χ2n) is 6.58. The highest BCUT2D eigenvalue weighted by atomic mass is 16.5. The molecule has 8 nitrogen and oxygen atoms in total. The van der Waals surface area contributed by atoms with Crippen LogP contribution in [0.4, 0.5) is 0 Å². The third kappa shape index (κ3) is 4.98. The Morgan fingerprint density at radius 1 is 1.32 bits per heavy atom. The first-order valence-corrected chi connectivity index (χ1v) is 9.11. The number of nitrogens with one attached hydrogen (secondary N) is 1. The normalized spacial score (nSPS) is 13.1. The van der Waals surface area contributed by atoms with E-state index in [1.165, 1.54) is 10.9 Å². The summed E-state index contributed by atoms with van der Waals surface area (Å²) < 4.78 is 12.0. The fourth-order valence-corrected chi connectivity index (χ4v) is 2.89. The molecule has 0 bridgehead atoms. The number of methoxy groups -OCH3 is 1. The Labute approximate surface area is 163 Å². The summed E-state index contributed by atoms with van der Waals surface area (Å²) in [5.74, 6) is 1.18. The highest BCUT2D eigenvalue weighted by molar-refractivity contribution is 5.92. The molecule has 0 aliphatic carbocycles. The average molecular weight is 384 g/mol. The number of benzene rings is 1. The minimum Gasteiger partial charge on any atom is -0.496 e. The summed E-state index contributed by atoms with van der Waals surface area (Å²) in [6.07, 6.45) is 3.82. The minimum absolute atomic E-state index is 0.0399. The van der Waals surface area contributed by atoms with Crippen molar-refractivity contribution < 1.29 is 19.1 Å². The van der Waals surface area contributed by atoms with Crippen LogP contribution in [0.15, 0.2) is 53.3 Å². The first-order valence-electron chi connectivity index (χ1n) is 9.11. The van der Waals surface area contributed by atoms with E-state index in [4.69, 9.17) is 9.15 Å². The van der Waals surface area contributed by atoms with Crippen LogP contribution in [-0.4, -0.2) is 39.2 Å². The zero-order valence-electron chi connectivity index (χ0n) is 15.9. The average Bonchev–Trinajstić information content (AvgIpc) is 3.38. The smallest absolute Gasteiger partial charge is 0.273 e. The van der Waals surface area contributed by atoms with Gasteiger partial charge in [-0.3, -0.25) is 4.79 Å². The van der Waals surface area contributed by atoms with Crippen LogP contribution in [0.2, 0.25) is 0 Å². The molecule has 2 aromatic heterocycles. The molecule has 2 atom stereocenters. The molecule has 0 saturated carbocycles. The predicted octanol–water partition coefficient (Wildman–Crippen LogP) is 2.36. The number of aromatic nitrogens is 3. The number of amides is 1. The van der Waals surface area contributed by atoms with Gasteiger partial charge in [0.25, 0.3) is 5.91 Å². The second kappa shape index (κ2) is 9.18. The first kappa shape index (κ1) is 19.6. The molecule has 1 aromatic carbocycles. The number of aliphatic hydroxyl groups excluding tert-OH is 1. The van der Waals surface area contributed by atoms with Crippen molar-refractivity contribution in [3.05, 3.63) is 65.9 Å². The van der Waals surface area contributed by atoms with E-state index in [1.807, 2.05) is 31.2 Å². The molecule has 0 spiro atoms. The fraction of sp³-hybridized carbons (Fsp3) is 0.350. The van der Waals surface area contributed by atoms with E-state index in [0.717, 1.165) is 18.6 Å². The molecule has 0 saturated heterocycles. The van der Waals surface area contributed by atoms with Gasteiger partial charge in [0, 0.05) is 18.0 Å². The number of aryl methyl sites for hydroxylation is 1. The highest BCUT2D eigenvalue weighted by Gasteiger charge is 2.17.